The third-order valence-electron chi connectivity index (χ3n) is 2.93. The van der Waals surface area contributed by atoms with Crippen molar-refractivity contribution in [2.75, 3.05) is 6.26 Å². The van der Waals surface area contributed by atoms with Crippen LogP contribution in [0.3, 0.4) is 0 Å². The van der Waals surface area contributed by atoms with Gasteiger partial charge < -0.3 is 0 Å². The van der Waals surface area contributed by atoms with Gasteiger partial charge in [-0.3, -0.25) is 4.79 Å². The molecule has 1 aromatic rings. The van der Waals surface area contributed by atoms with Crippen LogP contribution in [-0.4, -0.2) is 12.0 Å². The number of carbonyl (C=O) groups is 1. The van der Waals surface area contributed by atoms with Crippen LogP contribution in [0, 0.1) is 0 Å². The molecule has 0 heterocycles. The highest BCUT2D eigenvalue weighted by Crippen LogP contribution is 2.26. The molecule has 0 unspecified atom stereocenters. The lowest BCUT2D eigenvalue weighted by molar-refractivity contribution is 0.102. The van der Waals surface area contributed by atoms with Crippen LogP contribution in [0.2, 0.25) is 0 Å². The summed E-state index contributed by atoms with van der Waals surface area (Å²) in [6, 6.07) is 7.87. The van der Waals surface area contributed by atoms with E-state index in [1.54, 1.807) is 11.8 Å². The van der Waals surface area contributed by atoms with E-state index in [1.807, 2.05) is 30.5 Å². The zero-order chi connectivity index (χ0) is 11.4. The minimum absolute atomic E-state index is 0.227. The molecular weight excluding hydrogens is 216 g/mol. The summed E-state index contributed by atoms with van der Waals surface area (Å²) in [5, 5.41) is 0. The third-order valence-corrected chi connectivity index (χ3v) is 3.73. The molecule has 0 spiro atoms. The number of carbonyl (C=O) groups excluding carboxylic acids is 1. The van der Waals surface area contributed by atoms with E-state index >= 15 is 0 Å². The van der Waals surface area contributed by atoms with Crippen LogP contribution < -0.4 is 0 Å². The van der Waals surface area contributed by atoms with Gasteiger partial charge in [0.1, 0.15) is 0 Å². The second-order valence-electron chi connectivity index (χ2n) is 4.00. The van der Waals surface area contributed by atoms with E-state index < -0.39 is 0 Å². The van der Waals surface area contributed by atoms with Crippen LogP contribution in [0.4, 0.5) is 0 Å². The topological polar surface area (TPSA) is 17.1 Å². The standard InChI is InChI=1S/C14H16OS/c1-16-13-10-6-5-9-12(13)14(15)11-7-3-2-4-8-11/h5-7,9-10H,2-4,8H2,1H3. The second-order valence-corrected chi connectivity index (χ2v) is 4.85. The molecule has 1 aliphatic rings. The average molecular weight is 232 g/mol. The Morgan fingerprint density at radius 3 is 2.75 bits per heavy atom. The van der Waals surface area contributed by atoms with E-state index in [9.17, 15) is 4.79 Å². The molecule has 0 amide bonds. The molecule has 0 saturated carbocycles. The van der Waals surface area contributed by atoms with Gasteiger partial charge in [0.15, 0.2) is 5.78 Å². The summed E-state index contributed by atoms with van der Waals surface area (Å²) in [5.74, 6) is 0.227. The van der Waals surface area contributed by atoms with Crippen molar-refractivity contribution in [2.45, 2.75) is 30.6 Å². The molecule has 1 nitrogen and oxygen atoms in total. The van der Waals surface area contributed by atoms with Crippen molar-refractivity contribution in [3.05, 3.63) is 41.5 Å². The summed E-state index contributed by atoms with van der Waals surface area (Å²) < 4.78 is 0. The molecule has 2 heteroatoms. The zero-order valence-corrected chi connectivity index (χ0v) is 10.3. The minimum Gasteiger partial charge on any atom is -0.289 e. The third kappa shape index (κ3) is 2.38. The Bertz CT molecular complexity index is 420. The smallest absolute Gasteiger partial charge is 0.189 e. The summed E-state index contributed by atoms with van der Waals surface area (Å²) in [6.07, 6.45) is 8.51. The fraction of sp³-hybridized carbons (Fsp3) is 0.357. The predicted octanol–water partition coefficient (Wildman–Crippen LogP) is 4.09. The fourth-order valence-electron chi connectivity index (χ4n) is 2.05. The van der Waals surface area contributed by atoms with Crippen LogP contribution in [0.1, 0.15) is 36.0 Å². The van der Waals surface area contributed by atoms with Crippen LogP contribution in [0.15, 0.2) is 40.8 Å². The Morgan fingerprint density at radius 1 is 1.25 bits per heavy atom. The number of rotatable bonds is 3. The molecule has 0 aromatic heterocycles. The van der Waals surface area contributed by atoms with Gasteiger partial charge in [-0.2, -0.15) is 0 Å². The molecule has 0 atom stereocenters. The highest BCUT2D eigenvalue weighted by atomic mass is 32.2. The second kappa shape index (κ2) is 5.35. The largest absolute Gasteiger partial charge is 0.289 e. The molecular formula is C14H16OS. The van der Waals surface area contributed by atoms with Crippen LogP contribution in [-0.2, 0) is 0 Å². The van der Waals surface area contributed by atoms with Gasteiger partial charge in [-0.1, -0.05) is 18.2 Å². The predicted molar refractivity (Wildman–Crippen MR) is 69.1 cm³/mol. The first-order valence-electron chi connectivity index (χ1n) is 5.69. The van der Waals surface area contributed by atoms with E-state index in [0.29, 0.717) is 0 Å². The van der Waals surface area contributed by atoms with Gasteiger partial charge in [0.2, 0.25) is 0 Å². The van der Waals surface area contributed by atoms with Crippen LogP contribution >= 0.6 is 11.8 Å². The maximum atomic E-state index is 12.3. The SMILES string of the molecule is CSc1ccccc1C(=O)C1=CCCCC1. The first kappa shape index (κ1) is 11.5. The lowest BCUT2D eigenvalue weighted by Gasteiger charge is -2.13. The summed E-state index contributed by atoms with van der Waals surface area (Å²) in [4.78, 5) is 13.4. The van der Waals surface area contributed by atoms with Gasteiger partial charge in [-0.05, 0) is 49.6 Å². The van der Waals surface area contributed by atoms with Crippen molar-refractivity contribution in [3.8, 4) is 0 Å². The number of ketones is 1. The number of hydrogen-bond donors (Lipinski definition) is 0. The van der Waals surface area contributed by atoms with Crippen molar-refractivity contribution >= 4 is 17.5 Å². The van der Waals surface area contributed by atoms with Gasteiger partial charge in [0, 0.05) is 10.5 Å². The number of thioether (sulfide) groups is 1. The lowest BCUT2D eigenvalue weighted by atomic mass is 9.93. The van der Waals surface area contributed by atoms with Crippen molar-refractivity contribution in [3.63, 3.8) is 0 Å². The van der Waals surface area contributed by atoms with Gasteiger partial charge in [0.25, 0.3) is 0 Å². The van der Waals surface area contributed by atoms with Crippen molar-refractivity contribution < 1.29 is 4.79 Å². The van der Waals surface area contributed by atoms with Crippen molar-refractivity contribution in [1.29, 1.82) is 0 Å². The Balaban J connectivity index is 2.29. The van der Waals surface area contributed by atoms with Crippen molar-refractivity contribution in [2.24, 2.45) is 0 Å². The molecule has 0 radical (unpaired) electrons. The number of hydrogen-bond acceptors (Lipinski definition) is 2. The summed E-state index contributed by atoms with van der Waals surface area (Å²) in [7, 11) is 0. The van der Waals surface area contributed by atoms with Crippen molar-refractivity contribution in [1.82, 2.24) is 0 Å². The molecule has 0 saturated heterocycles. The quantitative estimate of drug-likeness (QED) is 0.576. The first-order chi connectivity index (χ1) is 7.83. The lowest BCUT2D eigenvalue weighted by Crippen LogP contribution is -2.07. The minimum atomic E-state index is 0.227. The Morgan fingerprint density at radius 2 is 2.06 bits per heavy atom. The Hall–Kier alpha value is -1.02. The normalized spacial score (nSPS) is 15.7. The van der Waals surface area contributed by atoms with Gasteiger partial charge in [0.05, 0.1) is 0 Å². The molecule has 1 aliphatic carbocycles. The number of allylic oxidation sites excluding steroid dienone is 2. The monoisotopic (exact) mass is 232 g/mol. The molecule has 0 bridgehead atoms. The molecule has 0 fully saturated rings. The van der Waals surface area contributed by atoms with Crippen LogP contribution in [0.5, 0.6) is 0 Å². The Kier molecular flexibility index (Phi) is 3.83. The summed E-state index contributed by atoms with van der Waals surface area (Å²) in [5.41, 5.74) is 1.87. The highest BCUT2D eigenvalue weighted by molar-refractivity contribution is 7.98. The van der Waals surface area contributed by atoms with E-state index in [4.69, 9.17) is 0 Å². The Labute approximate surface area is 101 Å². The summed E-state index contributed by atoms with van der Waals surface area (Å²) in [6.45, 7) is 0. The summed E-state index contributed by atoms with van der Waals surface area (Å²) >= 11 is 1.64. The molecule has 0 aliphatic heterocycles. The fourth-order valence-corrected chi connectivity index (χ4v) is 2.64. The molecule has 1 aromatic carbocycles. The van der Waals surface area contributed by atoms with E-state index in [1.165, 1.54) is 6.42 Å². The van der Waals surface area contributed by atoms with Gasteiger partial charge >= 0.3 is 0 Å². The number of Topliss-reactive ketones (excluding diaryl/α,β-unsaturated/α-hetero) is 1. The molecule has 84 valence electrons. The maximum Gasteiger partial charge on any atom is 0.189 e. The number of benzene rings is 1. The average Bonchev–Trinajstić information content (AvgIpc) is 2.39. The highest BCUT2D eigenvalue weighted by Gasteiger charge is 2.16. The van der Waals surface area contributed by atoms with E-state index in [0.717, 1.165) is 35.3 Å². The molecule has 16 heavy (non-hydrogen) atoms. The zero-order valence-electron chi connectivity index (χ0n) is 9.53. The van der Waals surface area contributed by atoms with Crippen LogP contribution in [0.25, 0.3) is 0 Å². The van der Waals surface area contributed by atoms with Gasteiger partial charge in [-0.25, -0.2) is 0 Å². The van der Waals surface area contributed by atoms with E-state index in [2.05, 4.69) is 6.08 Å². The molecule has 0 N–H and O–H groups in total. The van der Waals surface area contributed by atoms with E-state index in [-0.39, 0.29) is 5.78 Å². The van der Waals surface area contributed by atoms with Gasteiger partial charge in [-0.15, -0.1) is 11.8 Å². The maximum absolute atomic E-state index is 12.3. The first-order valence-corrected chi connectivity index (χ1v) is 6.92. The molecule has 2 rings (SSSR count).